The number of nitrogens with one attached hydrogen (secondary N) is 1. The van der Waals surface area contributed by atoms with E-state index in [9.17, 15) is 13.2 Å². The Labute approximate surface area is 141 Å². The number of nitrogens with zero attached hydrogens (tertiary/aromatic N) is 3. The van der Waals surface area contributed by atoms with E-state index < -0.39 is 10.0 Å². The third-order valence-corrected chi connectivity index (χ3v) is 4.69. The van der Waals surface area contributed by atoms with Crippen molar-refractivity contribution in [2.45, 2.75) is 25.3 Å². The van der Waals surface area contributed by atoms with Gasteiger partial charge in [-0.1, -0.05) is 12.1 Å². The molecule has 0 bridgehead atoms. The first-order valence-electron chi connectivity index (χ1n) is 7.31. The van der Waals surface area contributed by atoms with Crippen LogP contribution in [0.3, 0.4) is 0 Å². The minimum atomic E-state index is -3.74. The lowest BCUT2D eigenvalue weighted by Gasteiger charge is -2.13. The largest absolute Gasteiger partial charge is 0.347 e. The molecule has 7 nitrogen and oxygen atoms in total. The van der Waals surface area contributed by atoms with E-state index in [4.69, 9.17) is 0 Å². The van der Waals surface area contributed by atoms with E-state index in [1.54, 1.807) is 23.1 Å². The molecule has 0 fully saturated rings. The Morgan fingerprint density at radius 3 is 2.54 bits per heavy atom. The van der Waals surface area contributed by atoms with E-state index in [1.165, 1.54) is 19.1 Å². The lowest BCUT2D eigenvalue weighted by molar-refractivity contribution is 0.101. The normalized spacial score (nSPS) is 11.3. The van der Waals surface area contributed by atoms with Crippen molar-refractivity contribution in [3.63, 3.8) is 0 Å². The van der Waals surface area contributed by atoms with Crippen LogP contribution in [-0.2, 0) is 16.6 Å². The zero-order valence-corrected chi connectivity index (χ0v) is 14.9. The van der Waals surface area contributed by atoms with E-state index >= 15 is 0 Å². The number of carbonyl (C=O) groups excluding carboxylic acids is 1. The van der Waals surface area contributed by atoms with Crippen molar-refractivity contribution in [3.05, 3.63) is 47.3 Å². The first kappa shape index (κ1) is 18.0. The van der Waals surface area contributed by atoms with Crippen molar-refractivity contribution >= 4 is 21.8 Å². The van der Waals surface area contributed by atoms with Gasteiger partial charge in [0.25, 0.3) is 0 Å². The second kappa shape index (κ2) is 7.06. The Kier molecular flexibility index (Phi) is 5.30. The number of hydrogen-bond donors (Lipinski definition) is 1. The van der Waals surface area contributed by atoms with Gasteiger partial charge in [0.05, 0.1) is 17.1 Å². The molecule has 0 atom stereocenters. The lowest BCUT2D eigenvalue weighted by atomic mass is 10.2. The van der Waals surface area contributed by atoms with Gasteiger partial charge in [-0.05, 0) is 32.0 Å². The predicted molar refractivity (Wildman–Crippen MR) is 91.6 cm³/mol. The van der Waals surface area contributed by atoms with Gasteiger partial charge in [0.15, 0.2) is 5.78 Å². The molecule has 2 aromatic rings. The Balaban J connectivity index is 2.22. The van der Waals surface area contributed by atoms with Crippen LogP contribution >= 0.6 is 0 Å². The number of hydrogen-bond acceptors (Lipinski definition) is 6. The van der Waals surface area contributed by atoms with Crippen LogP contribution in [0, 0.1) is 6.92 Å². The fourth-order valence-electron chi connectivity index (χ4n) is 2.04. The van der Waals surface area contributed by atoms with Crippen LogP contribution in [-0.4, -0.2) is 38.3 Å². The molecular formula is C16H20N4O3S. The molecule has 0 radical (unpaired) electrons. The number of sulfonamides is 1. The van der Waals surface area contributed by atoms with Crippen LogP contribution in [0.5, 0.6) is 0 Å². The number of anilines is 1. The van der Waals surface area contributed by atoms with Crippen LogP contribution in [0.1, 0.15) is 28.7 Å². The summed E-state index contributed by atoms with van der Waals surface area (Å²) in [5.74, 6) is 0.330. The number of Topliss-reactive ketones (excluding diaryl/α,β-unsaturated/α-hetero) is 1. The smallest absolute Gasteiger partial charge is 0.240 e. The van der Waals surface area contributed by atoms with Crippen molar-refractivity contribution in [1.29, 1.82) is 0 Å². The molecule has 0 aliphatic heterocycles. The quantitative estimate of drug-likeness (QED) is 0.796. The lowest BCUT2D eigenvalue weighted by Crippen LogP contribution is -2.24. The molecule has 24 heavy (non-hydrogen) atoms. The zero-order chi connectivity index (χ0) is 17.9. The first-order chi connectivity index (χ1) is 11.2. The first-order valence-corrected chi connectivity index (χ1v) is 8.80. The summed E-state index contributed by atoms with van der Waals surface area (Å²) in [6, 6.07) is 7.66. The minimum Gasteiger partial charge on any atom is -0.347 e. The van der Waals surface area contributed by atoms with Crippen molar-refractivity contribution < 1.29 is 13.2 Å². The molecule has 1 aromatic heterocycles. The molecule has 2 rings (SSSR count). The van der Waals surface area contributed by atoms with Gasteiger partial charge in [-0.3, -0.25) is 4.79 Å². The molecule has 1 heterocycles. The second-order valence-electron chi connectivity index (χ2n) is 5.60. The number of aromatic nitrogens is 2. The van der Waals surface area contributed by atoms with Gasteiger partial charge >= 0.3 is 0 Å². The Bertz CT molecular complexity index is 863. The molecule has 0 spiro atoms. The number of aryl methyl sites for hydroxylation is 1. The standard InChI is InChI=1S/C16H20N4O3S/c1-11-8-14(19-16(18-11)20(3)4)10-17-24(22,23)15-7-5-6-13(9-15)12(2)21/h5-9,17H,10H2,1-4H3. The summed E-state index contributed by atoms with van der Waals surface area (Å²) in [6.07, 6.45) is 0. The minimum absolute atomic E-state index is 0.0385. The highest BCUT2D eigenvalue weighted by atomic mass is 32.2. The van der Waals surface area contributed by atoms with Crippen LogP contribution in [0.2, 0.25) is 0 Å². The second-order valence-corrected chi connectivity index (χ2v) is 7.37. The van der Waals surface area contributed by atoms with Crippen LogP contribution in [0.25, 0.3) is 0 Å². The van der Waals surface area contributed by atoms with Gasteiger partial charge in [0, 0.05) is 25.4 Å². The zero-order valence-electron chi connectivity index (χ0n) is 14.1. The molecule has 0 saturated heterocycles. The summed E-state index contributed by atoms with van der Waals surface area (Å²) in [4.78, 5) is 21.8. The molecule has 0 aliphatic carbocycles. The summed E-state index contributed by atoms with van der Waals surface area (Å²) in [5.41, 5.74) is 1.67. The van der Waals surface area contributed by atoms with E-state index in [-0.39, 0.29) is 17.2 Å². The van der Waals surface area contributed by atoms with Crippen LogP contribution in [0.15, 0.2) is 35.2 Å². The van der Waals surface area contributed by atoms with Crippen molar-refractivity contribution in [3.8, 4) is 0 Å². The highest BCUT2D eigenvalue weighted by Gasteiger charge is 2.16. The monoisotopic (exact) mass is 348 g/mol. The van der Waals surface area contributed by atoms with Crippen molar-refractivity contribution in [2.75, 3.05) is 19.0 Å². The molecular weight excluding hydrogens is 328 g/mol. The average Bonchev–Trinajstić information content (AvgIpc) is 2.52. The van der Waals surface area contributed by atoms with Gasteiger partial charge in [-0.25, -0.2) is 23.1 Å². The molecule has 1 N–H and O–H groups in total. The molecule has 0 saturated carbocycles. The Morgan fingerprint density at radius 1 is 1.21 bits per heavy atom. The summed E-state index contributed by atoms with van der Waals surface area (Å²) >= 11 is 0. The summed E-state index contributed by atoms with van der Waals surface area (Å²) in [6.45, 7) is 3.26. The van der Waals surface area contributed by atoms with Crippen LogP contribution in [0.4, 0.5) is 5.95 Å². The summed E-state index contributed by atoms with van der Waals surface area (Å²) in [7, 11) is -0.106. The topological polar surface area (TPSA) is 92.3 Å². The molecule has 128 valence electrons. The summed E-state index contributed by atoms with van der Waals surface area (Å²) in [5, 5.41) is 0. The summed E-state index contributed by atoms with van der Waals surface area (Å²) < 4.78 is 27.3. The fourth-order valence-corrected chi connectivity index (χ4v) is 3.09. The van der Waals surface area contributed by atoms with Gasteiger partial charge in [-0.2, -0.15) is 0 Å². The predicted octanol–water partition coefficient (Wildman–Crippen LogP) is 1.53. The van der Waals surface area contributed by atoms with E-state index in [2.05, 4.69) is 14.7 Å². The third kappa shape index (κ3) is 4.36. The molecule has 8 heteroatoms. The third-order valence-electron chi connectivity index (χ3n) is 3.29. The number of rotatable bonds is 6. The van der Waals surface area contributed by atoms with Crippen molar-refractivity contribution in [1.82, 2.24) is 14.7 Å². The number of benzene rings is 1. The van der Waals surface area contributed by atoms with Crippen LogP contribution < -0.4 is 9.62 Å². The highest BCUT2D eigenvalue weighted by Crippen LogP contribution is 2.13. The molecule has 0 unspecified atom stereocenters. The van der Waals surface area contributed by atoms with Crippen molar-refractivity contribution in [2.24, 2.45) is 0 Å². The SMILES string of the molecule is CC(=O)c1cccc(S(=O)(=O)NCc2cc(C)nc(N(C)C)n2)c1. The molecule has 0 aliphatic rings. The highest BCUT2D eigenvalue weighted by molar-refractivity contribution is 7.89. The van der Waals surface area contributed by atoms with Gasteiger partial charge in [0.1, 0.15) is 0 Å². The average molecular weight is 348 g/mol. The molecule has 0 amide bonds. The number of carbonyl (C=O) groups is 1. The van der Waals surface area contributed by atoms with Gasteiger partial charge in [-0.15, -0.1) is 0 Å². The number of ketones is 1. The maximum Gasteiger partial charge on any atom is 0.240 e. The van der Waals surface area contributed by atoms with Gasteiger partial charge < -0.3 is 4.90 Å². The Morgan fingerprint density at radius 2 is 1.92 bits per heavy atom. The molecule has 1 aromatic carbocycles. The maximum absolute atomic E-state index is 12.4. The Hall–Kier alpha value is -2.32. The van der Waals surface area contributed by atoms with E-state index in [0.717, 1.165) is 5.69 Å². The van der Waals surface area contributed by atoms with E-state index in [1.807, 2.05) is 21.0 Å². The van der Waals surface area contributed by atoms with E-state index in [0.29, 0.717) is 17.2 Å². The van der Waals surface area contributed by atoms with Gasteiger partial charge in [0.2, 0.25) is 16.0 Å². The fraction of sp³-hybridized carbons (Fsp3) is 0.312. The maximum atomic E-state index is 12.4.